The molecule has 0 saturated carbocycles. The van der Waals surface area contributed by atoms with E-state index in [1.165, 1.54) is 18.1 Å². The molecule has 1 fully saturated rings. The van der Waals surface area contributed by atoms with Crippen molar-refractivity contribution in [2.24, 2.45) is 5.92 Å². The Balaban J connectivity index is 1.64. The number of hydrogen-bond acceptors (Lipinski definition) is 7. The Hall–Kier alpha value is -2.36. The van der Waals surface area contributed by atoms with Crippen LogP contribution in [-0.2, 0) is 14.3 Å². The van der Waals surface area contributed by atoms with Crippen LogP contribution in [0.5, 0.6) is 0 Å². The lowest BCUT2D eigenvalue weighted by Crippen LogP contribution is -2.44. The number of likely N-dealkylation sites (tertiary alicyclic amines) is 1. The summed E-state index contributed by atoms with van der Waals surface area (Å²) < 4.78 is 5.07. The fourth-order valence-electron chi connectivity index (χ4n) is 3.12. The lowest BCUT2D eigenvalue weighted by atomic mass is 9.96. The van der Waals surface area contributed by atoms with Crippen LogP contribution < -0.4 is 5.56 Å². The second-order valence-corrected chi connectivity index (χ2v) is 7.53. The first-order valence-corrected chi connectivity index (χ1v) is 9.96. The number of piperidine rings is 1. The minimum Gasteiger partial charge on any atom is -0.466 e. The van der Waals surface area contributed by atoms with Crippen molar-refractivity contribution in [3.63, 3.8) is 0 Å². The molecular weight excluding hydrogens is 370 g/mol. The zero-order chi connectivity index (χ0) is 19.4. The van der Waals surface area contributed by atoms with Gasteiger partial charge in [0.05, 0.1) is 24.1 Å². The van der Waals surface area contributed by atoms with Crippen LogP contribution in [0.15, 0.2) is 16.3 Å². The van der Waals surface area contributed by atoms with Crippen molar-refractivity contribution in [2.45, 2.75) is 43.5 Å². The molecule has 0 radical (unpaired) electrons. The summed E-state index contributed by atoms with van der Waals surface area (Å²) in [5.74, 6) is -0.323. The number of rotatable bonds is 6. The molecule has 0 aliphatic carbocycles. The van der Waals surface area contributed by atoms with Crippen LogP contribution in [0.25, 0.3) is 11.2 Å². The molecule has 3 heterocycles. The normalized spacial score (nSPS) is 16.4. The maximum Gasteiger partial charge on any atom is 0.309 e. The number of thioether (sulfide) groups is 1. The molecule has 2 N–H and O–H groups in total. The first kappa shape index (κ1) is 19.4. The predicted molar refractivity (Wildman–Crippen MR) is 100 cm³/mol. The molecule has 3 rings (SSSR count). The largest absolute Gasteiger partial charge is 0.466 e. The van der Waals surface area contributed by atoms with Gasteiger partial charge in [0.15, 0.2) is 16.3 Å². The van der Waals surface area contributed by atoms with Crippen molar-refractivity contribution in [2.75, 3.05) is 19.7 Å². The van der Waals surface area contributed by atoms with Gasteiger partial charge < -0.3 is 14.6 Å². The van der Waals surface area contributed by atoms with E-state index in [4.69, 9.17) is 4.74 Å². The average Bonchev–Trinajstić information content (AvgIpc) is 3.15. The Morgan fingerprint density at radius 1 is 1.37 bits per heavy atom. The average molecular weight is 393 g/mol. The number of ether oxygens (including phenoxy) is 1. The number of hydrogen-bond donors (Lipinski definition) is 2. The van der Waals surface area contributed by atoms with Crippen molar-refractivity contribution >= 4 is 34.8 Å². The summed E-state index contributed by atoms with van der Waals surface area (Å²) in [7, 11) is 0. The summed E-state index contributed by atoms with van der Waals surface area (Å²) >= 11 is 1.23. The summed E-state index contributed by atoms with van der Waals surface area (Å²) in [6.45, 7) is 5.14. The topological polar surface area (TPSA) is 121 Å². The molecule has 2 aromatic heterocycles. The highest BCUT2D eigenvalue weighted by Gasteiger charge is 2.31. The van der Waals surface area contributed by atoms with Gasteiger partial charge in [0.2, 0.25) is 5.91 Å². The lowest BCUT2D eigenvalue weighted by Gasteiger charge is -2.32. The number of nitrogens with one attached hydrogen (secondary N) is 2. The Bertz CT molecular complexity index is 872. The molecule has 1 atom stereocenters. The van der Waals surface area contributed by atoms with Crippen LogP contribution in [0.2, 0.25) is 0 Å². The van der Waals surface area contributed by atoms with E-state index >= 15 is 0 Å². The smallest absolute Gasteiger partial charge is 0.309 e. The number of imidazole rings is 1. The van der Waals surface area contributed by atoms with Crippen molar-refractivity contribution < 1.29 is 14.3 Å². The van der Waals surface area contributed by atoms with Gasteiger partial charge in [-0.3, -0.25) is 19.4 Å². The minimum atomic E-state index is -0.358. The number of H-pyrrole nitrogens is 2. The summed E-state index contributed by atoms with van der Waals surface area (Å²) in [6.07, 6.45) is 3.24. The minimum absolute atomic E-state index is 0.00502. The van der Waals surface area contributed by atoms with Gasteiger partial charge in [-0.1, -0.05) is 18.7 Å². The van der Waals surface area contributed by atoms with E-state index in [0.29, 0.717) is 55.3 Å². The van der Waals surface area contributed by atoms with Crippen molar-refractivity contribution in [3.8, 4) is 0 Å². The Morgan fingerprint density at radius 3 is 2.78 bits per heavy atom. The Labute approximate surface area is 160 Å². The van der Waals surface area contributed by atoms with Gasteiger partial charge in [-0.2, -0.15) is 0 Å². The second kappa shape index (κ2) is 8.55. The predicted octanol–water partition coefficient (Wildman–Crippen LogP) is 1.32. The number of carbonyl (C=O) groups excluding carboxylic acids is 2. The summed E-state index contributed by atoms with van der Waals surface area (Å²) in [4.78, 5) is 52.3. The summed E-state index contributed by atoms with van der Waals surface area (Å²) in [5, 5.41) is 0.0184. The first-order chi connectivity index (χ1) is 13.0. The summed E-state index contributed by atoms with van der Waals surface area (Å²) in [6, 6.07) is 0. The highest BCUT2D eigenvalue weighted by molar-refractivity contribution is 8.00. The van der Waals surface area contributed by atoms with Gasteiger partial charge >= 0.3 is 5.97 Å². The van der Waals surface area contributed by atoms with E-state index in [1.807, 2.05) is 6.92 Å². The number of amides is 1. The van der Waals surface area contributed by atoms with E-state index < -0.39 is 0 Å². The van der Waals surface area contributed by atoms with Crippen LogP contribution >= 0.6 is 11.8 Å². The molecule has 1 saturated heterocycles. The molecular formula is C17H23N5O4S. The molecule has 1 amide bonds. The van der Waals surface area contributed by atoms with Crippen LogP contribution in [-0.4, -0.2) is 61.7 Å². The fraction of sp³-hybridized carbons (Fsp3) is 0.588. The lowest BCUT2D eigenvalue weighted by molar-refractivity contribution is -0.151. The van der Waals surface area contributed by atoms with Gasteiger partial charge in [-0.15, -0.1) is 0 Å². The summed E-state index contributed by atoms with van der Waals surface area (Å²) in [5.41, 5.74) is 0.344. The molecule has 1 unspecified atom stereocenters. The molecule has 1 aliphatic rings. The number of aromatic nitrogens is 4. The van der Waals surface area contributed by atoms with Crippen molar-refractivity contribution in [1.82, 2.24) is 24.8 Å². The van der Waals surface area contributed by atoms with Crippen LogP contribution in [0, 0.1) is 5.92 Å². The molecule has 146 valence electrons. The Kier molecular flexibility index (Phi) is 6.15. The number of fused-ring (bicyclic) bond motifs is 1. The van der Waals surface area contributed by atoms with Gasteiger partial charge in [0.1, 0.15) is 0 Å². The molecule has 2 aromatic rings. The van der Waals surface area contributed by atoms with Crippen LogP contribution in [0.4, 0.5) is 0 Å². The monoisotopic (exact) mass is 393 g/mol. The van der Waals surface area contributed by atoms with E-state index in [-0.39, 0.29) is 28.6 Å². The third kappa shape index (κ3) is 4.32. The second-order valence-electron chi connectivity index (χ2n) is 6.34. The van der Waals surface area contributed by atoms with Gasteiger partial charge in [-0.25, -0.2) is 9.97 Å². The molecule has 0 aromatic carbocycles. The Morgan fingerprint density at radius 2 is 2.11 bits per heavy atom. The fourth-order valence-corrected chi connectivity index (χ4v) is 4.10. The zero-order valence-corrected chi connectivity index (χ0v) is 16.2. The maximum absolute atomic E-state index is 12.9. The van der Waals surface area contributed by atoms with Crippen LogP contribution in [0.3, 0.4) is 0 Å². The van der Waals surface area contributed by atoms with E-state index in [0.717, 1.165) is 0 Å². The van der Waals surface area contributed by atoms with Gasteiger partial charge in [-0.05, 0) is 26.2 Å². The van der Waals surface area contributed by atoms with Crippen molar-refractivity contribution in [3.05, 3.63) is 16.7 Å². The molecule has 9 nitrogen and oxygen atoms in total. The van der Waals surface area contributed by atoms with E-state index in [2.05, 4.69) is 19.9 Å². The molecule has 0 spiro atoms. The number of nitrogens with zero attached hydrogens (tertiary/aromatic N) is 3. The third-order valence-corrected chi connectivity index (χ3v) is 5.84. The molecule has 27 heavy (non-hydrogen) atoms. The van der Waals surface area contributed by atoms with Gasteiger partial charge in [0.25, 0.3) is 5.56 Å². The molecule has 1 aliphatic heterocycles. The quantitative estimate of drug-likeness (QED) is 0.431. The van der Waals surface area contributed by atoms with E-state index in [9.17, 15) is 14.4 Å². The van der Waals surface area contributed by atoms with E-state index in [1.54, 1.807) is 11.8 Å². The first-order valence-electron chi connectivity index (χ1n) is 9.09. The standard InChI is InChI=1S/C17H23N5O4S/c1-3-11(27-17-20-13-12(14(23)21-17)18-9-19-13)15(24)22-7-5-10(6-8-22)16(25)26-4-2/h9-11H,3-8H2,1-2H3,(H2,18,19,20,21,23). The number of aromatic amines is 2. The van der Waals surface area contributed by atoms with Gasteiger partial charge in [0, 0.05) is 13.1 Å². The molecule has 0 bridgehead atoms. The molecule has 10 heteroatoms. The number of esters is 1. The highest BCUT2D eigenvalue weighted by Crippen LogP contribution is 2.26. The van der Waals surface area contributed by atoms with Crippen LogP contribution in [0.1, 0.15) is 33.1 Å². The third-order valence-electron chi connectivity index (χ3n) is 4.60. The zero-order valence-electron chi connectivity index (χ0n) is 15.4. The number of carbonyl (C=O) groups is 2. The van der Waals surface area contributed by atoms with Crippen molar-refractivity contribution in [1.29, 1.82) is 0 Å². The highest BCUT2D eigenvalue weighted by atomic mass is 32.2. The SMILES string of the molecule is CCOC(=O)C1CCN(C(=O)C(CC)Sc2nc3nc[nH]c3c(=O)[nH]2)CC1. The maximum atomic E-state index is 12.9.